The zero-order valence-electron chi connectivity index (χ0n) is 24.5. The largest absolute Gasteiger partial charge is 0.386 e. The molecule has 43 heavy (non-hydrogen) atoms. The molecule has 0 spiro atoms. The monoisotopic (exact) mass is 600 g/mol. The van der Waals surface area contributed by atoms with E-state index in [2.05, 4.69) is 16.4 Å². The molecule has 1 aliphatic rings. The molecular formula is C32H33FN6O3S. The lowest BCUT2D eigenvalue weighted by molar-refractivity contribution is -0.127. The number of carbonyl (C=O) groups excluding carboxylic acids is 2. The third-order valence-corrected chi connectivity index (χ3v) is 8.54. The summed E-state index contributed by atoms with van der Waals surface area (Å²) in [6.07, 6.45) is 4.59. The van der Waals surface area contributed by atoms with Crippen LogP contribution < -0.4 is 5.32 Å². The molecule has 0 saturated carbocycles. The number of pyridine rings is 1. The van der Waals surface area contributed by atoms with Crippen molar-refractivity contribution in [3.8, 4) is 16.5 Å². The second-order valence-corrected chi connectivity index (χ2v) is 12.6. The molecule has 1 aromatic carbocycles. The summed E-state index contributed by atoms with van der Waals surface area (Å²) >= 11 is 1.22. The smallest absolute Gasteiger partial charge is 0.268 e. The maximum Gasteiger partial charge on any atom is 0.268 e. The Morgan fingerprint density at radius 2 is 2.05 bits per heavy atom. The minimum absolute atomic E-state index is 0.0550. The second-order valence-electron chi connectivity index (χ2n) is 11.5. The molecule has 1 saturated heterocycles. The first kappa shape index (κ1) is 30.1. The van der Waals surface area contributed by atoms with Gasteiger partial charge in [0.1, 0.15) is 11.6 Å². The highest BCUT2D eigenvalue weighted by atomic mass is 32.1. The Morgan fingerprint density at radius 3 is 2.74 bits per heavy atom. The van der Waals surface area contributed by atoms with Gasteiger partial charge in [0, 0.05) is 30.2 Å². The van der Waals surface area contributed by atoms with E-state index in [0.717, 1.165) is 23.2 Å². The van der Waals surface area contributed by atoms with Crippen LogP contribution in [0.4, 0.5) is 10.3 Å². The van der Waals surface area contributed by atoms with Gasteiger partial charge in [-0.05, 0) is 74.1 Å². The summed E-state index contributed by atoms with van der Waals surface area (Å²) < 4.78 is 15.5. The summed E-state index contributed by atoms with van der Waals surface area (Å²) in [5.74, 6) is -0.917. The van der Waals surface area contributed by atoms with Crippen molar-refractivity contribution in [2.24, 2.45) is 5.92 Å². The number of allylic oxidation sites excluding steroid dienone is 1. The van der Waals surface area contributed by atoms with Crippen LogP contribution in [0.1, 0.15) is 55.8 Å². The highest BCUT2D eigenvalue weighted by Crippen LogP contribution is 2.31. The fraction of sp³-hybridized carbons (Fsp3) is 0.344. The van der Waals surface area contributed by atoms with E-state index in [1.807, 2.05) is 30.5 Å². The minimum atomic E-state index is -1.09. The third-order valence-electron chi connectivity index (χ3n) is 7.40. The number of nitrogens with one attached hydrogen (secondary N) is 1. The van der Waals surface area contributed by atoms with E-state index >= 15 is 0 Å². The first-order valence-electron chi connectivity index (χ1n) is 14.1. The van der Waals surface area contributed by atoms with Crippen molar-refractivity contribution >= 4 is 40.1 Å². The van der Waals surface area contributed by atoms with Crippen LogP contribution in [-0.2, 0) is 16.9 Å². The SMILES string of the molecule is CC(C)/C=C(\C#N)C(=O)N1CCC[C@@H]1Cn1c(NC(=O)c2ccc(-c3ccnc(F)c3)s2)nc2cc(C(C)(C)O)ccc21. The number of carbonyl (C=O) groups is 2. The van der Waals surface area contributed by atoms with Crippen LogP contribution >= 0.6 is 11.3 Å². The number of halogens is 1. The van der Waals surface area contributed by atoms with Crippen molar-refractivity contribution in [3.05, 3.63) is 76.7 Å². The summed E-state index contributed by atoms with van der Waals surface area (Å²) in [7, 11) is 0. The van der Waals surface area contributed by atoms with Gasteiger partial charge in [-0.15, -0.1) is 11.3 Å². The second kappa shape index (κ2) is 12.1. The molecule has 2 amide bonds. The van der Waals surface area contributed by atoms with E-state index in [9.17, 15) is 24.3 Å². The molecule has 4 aromatic rings. The molecule has 1 aliphatic heterocycles. The Labute approximate surface area is 253 Å². The van der Waals surface area contributed by atoms with Crippen LogP contribution in [0.5, 0.6) is 0 Å². The van der Waals surface area contributed by atoms with Gasteiger partial charge in [-0.1, -0.05) is 26.0 Å². The number of thiophene rings is 1. The van der Waals surface area contributed by atoms with Gasteiger partial charge in [0.15, 0.2) is 0 Å². The minimum Gasteiger partial charge on any atom is -0.386 e. The van der Waals surface area contributed by atoms with Crippen LogP contribution in [0.15, 0.2) is 60.3 Å². The quantitative estimate of drug-likeness (QED) is 0.148. The average Bonchev–Trinajstić information content (AvgIpc) is 3.70. The van der Waals surface area contributed by atoms with Crippen molar-refractivity contribution in [3.63, 3.8) is 0 Å². The fourth-order valence-corrected chi connectivity index (χ4v) is 6.17. The maximum absolute atomic E-state index is 13.7. The molecule has 0 unspecified atom stereocenters. The Morgan fingerprint density at radius 1 is 1.26 bits per heavy atom. The van der Waals surface area contributed by atoms with Gasteiger partial charge in [-0.25, -0.2) is 9.97 Å². The zero-order valence-corrected chi connectivity index (χ0v) is 25.3. The predicted molar refractivity (Wildman–Crippen MR) is 164 cm³/mol. The van der Waals surface area contributed by atoms with Crippen LogP contribution in [-0.4, -0.2) is 48.9 Å². The van der Waals surface area contributed by atoms with Gasteiger partial charge in [0.25, 0.3) is 11.8 Å². The Balaban J connectivity index is 1.48. The van der Waals surface area contributed by atoms with Gasteiger partial charge in [0.05, 0.1) is 27.6 Å². The predicted octanol–water partition coefficient (Wildman–Crippen LogP) is 5.88. The Bertz CT molecular complexity index is 1760. The van der Waals surface area contributed by atoms with Gasteiger partial charge in [0.2, 0.25) is 11.9 Å². The summed E-state index contributed by atoms with van der Waals surface area (Å²) in [6.45, 7) is 8.11. The first-order valence-corrected chi connectivity index (χ1v) is 15.0. The molecule has 11 heteroatoms. The Hall–Kier alpha value is -4.40. The number of nitriles is 1. The zero-order chi connectivity index (χ0) is 30.9. The molecular weight excluding hydrogens is 567 g/mol. The van der Waals surface area contributed by atoms with Gasteiger partial charge in [-0.3, -0.25) is 14.9 Å². The van der Waals surface area contributed by atoms with Crippen LogP contribution in [0, 0.1) is 23.2 Å². The van der Waals surface area contributed by atoms with E-state index in [0.29, 0.717) is 40.6 Å². The molecule has 5 rings (SSSR count). The molecule has 1 atom stereocenters. The van der Waals surface area contributed by atoms with Crippen molar-refractivity contribution in [2.75, 3.05) is 11.9 Å². The molecule has 1 fully saturated rings. The number of benzene rings is 1. The fourth-order valence-electron chi connectivity index (χ4n) is 5.27. The van der Waals surface area contributed by atoms with E-state index in [4.69, 9.17) is 4.98 Å². The number of likely N-dealkylation sites (tertiary alicyclic amines) is 1. The van der Waals surface area contributed by atoms with Gasteiger partial charge >= 0.3 is 0 Å². The number of aromatic nitrogens is 3. The molecule has 3 aromatic heterocycles. The first-order chi connectivity index (χ1) is 20.4. The van der Waals surface area contributed by atoms with Crippen molar-refractivity contribution < 1.29 is 19.1 Å². The summed E-state index contributed by atoms with van der Waals surface area (Å²) in [6, 6.07) is 13.7. The van der Waals surface area contributed by atoms with E-state index in [1.165, 1.54) is 23.6 Å². The lowest BCUT2D eigenvalue weighted by Gasteiger charge is -2.26. The van der Waals surface area contributed by atoms with Crippen LogP contribution in [0.2, 0.25) is 0 Å². The molecule has 2 N–H and O–H groups in total. The molecule has 4 heterocycles. The molecule has 0 bridgehead atoms. The topological polar surface area (TPSA) is 124 Å². The average molecular weight is 601 g/mol. The molecule has 9 nitrogen and oxygen atoms in total. The maximum atomic E-state index is 13.7. The number of imidazole rings is 1. The van der Waals surface area contributed by atoms with Crippen molar-refractivity contribution in [1.82, 2.24) is 19.4 Å². The Kier molecular flexibility index (Phi) is 8.44. The molecule has 0 radical (unpaired) electrons. The van der Waals surface area contributed by atoms with Crippen LogP contribution in [0.25, 0.3) is 21.5 Å². The number of anilines is 1. The normalized spacial score (nSPS) is 15.7. The number of aliphatic hydroxyl groups is 1. The molecule has 0 aliphatic carbocycles. The lowest BCUT2D eigenvalue weighted by atomic mass is 9.98. The van der Waals surface area contributed by atoms with Crippen molar-refractivity contribution in [1.29, 1.82) is 5.26 Å². The number of hydrogen-bond acceptors (Lipinski definition) is 7. The highest BCUT2D eigenvalue weighted by molar-refractivity contribution is 7.17. The number of rotatable bonds is 8. The van der Waals surface area contributed by atoms with Crippen LogP contribution in [0.3, 0.4) is 0 Å². The lowest BCUT2D eigenvalue weighted by Crippen LogP contribution is -2.39. The highest BCUT2D eigenvalue weighted by Gasteiger charge is 2.32. The number of hydrogen-bond donors (Lipinski definition) is 2. The standard InChI is InChI=1S/C32H33FN6O3S/c1-19(2)14-21(17-34)30(41)38-13-5-6-23(38)18-39-25-8-7-22(32(3,4)42)16-24(25)36-31(39)37-29(40)27-10-9-26(43-27)20-11-12-35-28(33)15-20/h7-12,14-16,19,23,42H,5-6,13,18H2,1-4H3,(H,36,37,40)/b21-14+/t23-/m1/s1. The van der Waals surface area contributed by atoms with E-state index in [-0.39, 0.29) is 29.3 Å². The summed E-state index contributed by atoms with van der Waals surface area (Å²) in [5.41, 5.74) is 1.65. The number of fused-ring (bicyclic) bond motifs is 1. The molecule has 222 valence electrons. The van der Waals surface area contributed by atoms with Crippen molar-refractivity contribution in [2.45, 2.75) is 58.7 Å². The van der Waals surface area contributed by atoms with Gasteiger partial charge in [-0.2, -0.15) is 9.65 Å². The van der Waals surface area contributed by atoms with Gasteiger partial charge < -0.3 is 14.6 Å². The third kappa shape index (κ3) is 6.50. The number of amides is 2. The van der Waals surface area contributed by atoms with E-state index in [1.54, 1.807) is 49.1 Å². The summed E-state index contributed by atoms with van der Waals surface area (Å²) in [5, 5.41) is 23.2. The number of nitrogens with zero attached hydrogens (tertiary/aromatic N) is 5. The summed E-state index contributed by atoms with van der Waals surface area (Å²) in [4.78, 5) is 38.0. The van der Waals surface area contributed by atoms with E-state index < -0.39 is 11.5 Å².